The molecule has 0 unspecified atom stereocenters. The lowest BCUT2D eigenvalue weighted by Crippen LogP contribution is -2.56. The molecule has 1 fully saturated rings. The number of nitrogens with one attached hydrogen (secondary N) is 2. The molecule has 0 aliphatic carbocycles. The van der Waals surface area contributed by atoms with Crippen molar-refractivity contribution in [3.8, 4) is 17.1 Å². The molecule has 0 bridgehead atoms. The smallest absolute Gasteiger partial charge is 0.185 e. The molecule has 6 radical (unpaired) electrons. The number of pyridine rings is 1. The third-order valence-electron chi connectivity index (χ3n) is 6.71. The van der Waals surface area contributed by atoms with E-state index in [1.54, 1.807) is 20.0 Å². The van der Waals surface area contributed by atoms with Crippen LogP contribution in [0.3, 0.4) is 0 Å². The molecule has 1 saturated heterocycles. The first-order valence-electron chi connectivity index (χ1n) is 11.5. The summed E-state index contributed by atoms with van der Waals surface area (Å²) in [4.78, 5) is 19.3. The number of nitrogens with zero attached hydrogens (tertiary/aromatic N) is 4. The average molecular weight is 502 g/mol. The number of anilines is 2. The number of H-pyrrole nitrogens is 1. The van der Waals surface area contributed by atoms with Crippen molar-refractivity contribution >= 4 is 55.9 Å². The minimum atomic E-state index is -3.61. The number of ether oxygens (including phenoxy) is 2. The minimum absolute atomic E-state index is 0.0181. The number of sulfone groups is 1. The molecule has 3 aromatic heterocycles. The van der Waals surface area contributed by atoms with Crippen LogP contribution in [0.25, 0.3) is 22.4 Å². The molecule has 5 rings (SSSR count). The summed E-state index contributed by atoms with van der Waals surface area (Å²) in [6, 6.07) is 1.72. The summed E-state index contributed by atoms with van der Waals surface area (Å²) in [6.45, 7) is 6.53. The second-order valence-electron chi connectivity index (χ2n) is 9.93. The van der Waals surface area contributed by atoms with Crippen LogP contribution in [-0.4, -0.2) is 95.3 Å². The molecule has 14 heteroatoms. The van der Waals surface area contributed by atoms with Crippen molar-refractivity contribution in [2.45, 2.75) is 42.8 Å². The lowest BCUT2D eigenvalue weighted by atomic mass is 9.49. The van der Waals surface area contributed by atoms with Crippen LogP contribution in [0.15, 0.2) is 18.5 Å². The van der Waals surface area contributed by atoms with Gasteiger partial charge in [0.25, 0.3) is 0 Å². The Morgan fingerprint density at radius 3 is 2.64 bits per heavy atom. The fourth-order valence-electron chi connectivity index (χ4n) is 4.60. The van der Waals surface area contributed by atoms with E-state index in [0.29, 0.717) is 53.7 Å². The lowest BCUT2D eigenvalue weighted by molar-refractivity contribution is 0.0482. The van der Waals surface area contributed by atoms with Gasteiger partial charge in [-0.15, -0.1) is 0 Å². The highest BCUT2D eigenvalue weighted by molar-refractivity contribution is 7.91. The second-order valence-corrected chi connectivity index (χ2v) is 12.5. The van der Waals surface area contributed by atoms with Gasteiger partial charge in [0.15, 0.2) is 27.2 Å². The summed E-state index contributed by atoms with van der Waals surface area (Å²) in [5, 5.41) is 1.78. The number of aromatic nitrogens is 4. The Morgan fingerprint density at radius 2 is 1.94 bits per heavy atom. The van der Waals surface area contributed by atoms with Crippen molar-refractivity contribution in [3.63, 3.8) is 0 Å². The van der Waals surface area contributed by atoms with E-state index >= 15 is 0 Å². The molecule has 2 atom stereocenters. The van der Waals surface area contributed by atoms with E-state index in [1.165, 1.54) is 12.5 Å². The summed E-state index contributed by atoms with van der Waals surface area (Å²) in [7, 11) is 14.0. The van der Waals surface area contributed by atoms with E-state index < -0.39 is 19.8 Å². The van der Waals surface area contributed by atoms with Crippen LogP contribution in [0, 0.1) is 0 Å². The zero-order chi connectivity index (χ0) is 26.0. The molecule has 0 spiro atoms. The molecular weight excluding hydrogens is 477 g/mol. The van der Waals surface area contributed by atoms with Crippen molar-refractivity contribution < 1.29 is 17.9 Å². The highest BCUT2D eigenvalue weighted by Gasteiger charge is 2.44. The van der Waals surface area contributed by atoms with Gasteiger partial charge in [0.1, 0.15) is 22.7 Å². The Hall–Kier alpha value is -2.73. The van der Waals surface area contributed by atoms with Crippen LogP contribution < -0.4 is 15.0 Å². The SMILES string of the molecule is [B]C([B])([B])Nc1cnc2[nH]ccc2c1-c1nc2c(c(C(C)(C)S(C)(=O)=O)n1)OC[C@@H]1COC[C@@H](C)N21. The summed E-state index contributed by atoms with van der Waals surface area (Å²) >= 11 is 0. The third kappa shape index (κ3) is 4.13. The van der Waals surface area contributed by atoms with Crippen molar-refractivity contribution in [1.29, 1.82) is 0 Å². The number of rotatable bonds is 5. The Kier molecular flexibility index (Phi) is 5.83. The minimum Gasteiger partial charge on any atom is -0.486 e. The first-order chi connectivity index (χ1) is 16.8. The molecule has 0 amide bonds. The van der Waals surface area contributed by atoms with E-state index in [2.05, 4.69) is 20.2 Å². The third-order valence-corrected chi connectivity index (χ3v) is 8.76. The first-order valence-corrected chi connectivity index (χ1v) is 13.4. The van der Waals surface area contributed by atoms with Gasteiger partial charge in [-0.05, 0) is 26.8 Å². The van der Waals surface area contributed by atoms with Gasteiger partial charge in [0.2, 0.25) is 0 Å². The first kappa shape index (κ1) is 24.9. The maximum Gasteiger partial charge on any atom is 0.185 e. The van der Waals surface area contributed by atoms with Gasteiger partial charge in [-0.2, -0.15) is 0 Å². The molecule has 5 heterocycles. The molecule has 2 N–H and O–H groups in total. The molecule has 36 heavy (non-hydrogen) atoms. The van der Waals surface area contributed by atoms with E-state index in [9.17, 15) is 8.42 Å². The Bertz CT molecular complexity index is 1440. The average Bonchev–Trinajstić information content (AvgIpc) is 3.25. The van der Waals surface area contributed by atoms with Crippen LogP contribution >= 0.6 is 0 Å². The fraction of sp³-hybridized carbons (Fsp3) is 0.500. The summed E-state index contributed by atoms with van der Waals surface area (Å²) in [5.41, 5.74) is 1.74. The molecule has 2 aliphatic rings. The van der Waals surface area contributed by atoms with Gasteiger partial charge in [0.05, 0.1) is 66.3 Å². The predicted octanol–water partition coefficient (Wildman–Crippen LogP) is 0.814. The van der Waals surface area contributed by atoms with Crippen molar-refractivity contribution in [1.82, 2.24) is 19.9 Å². The fourth-order valence-corrected chi connectivity index (χ4v) is 5.09. The summed E-state index contributed by atoms with van der Waals surface area (Å²) in [5.74, 6) is 1.10. The van der Waals surface area contributed by atoms with Gasteiger partial charge in [-0.3, -0.25) is 0 Å². The van der Waals surface area contributed by atoms with Gasteiger partial charge in [0, 0.05) is 17.8 Å². The normalized spacial score (nSPS) is 20.5. The van der Waals surface area contributed by atoms with Crippen molar-refractivity contribution in [3.05, 3.63) is 24.2 Å². The Morgan fingerprint density at radius 1 is 1.19 bits per heavy atom. The number of aromatic amines is 1. The summed E-state index contributed by atoms with van der Waals surface area (Å²) in [6.07, 6.45) is 4.43. The van der Waals surface area contributed by atoms with E-state index in [4.69, 9.17) is 43.0 Å². The van der Waals surface area contributed by atoms with Crippen molar-refractivity contribution in [2.24, 2.45) is 0 Å². The Labute approximate surface area is 214 Å². The van der Waals surface area contributed by atoms with Gasteiger partial charge in [-0.1, -0.05) is 5.24 Å². The molecule has 182 valence electrons. The van der Waals surface area contributed by atoms with Crippen molar-refractivity contribution in [2.75, 3.05) is 36.3 Å². The molecule has 0 aromatic carbocycles. The van der Waals surface area contributed by atoms with Crippen LogP contribution in [0.4, 0.5) is 11.5 Å². The molecule has 3 aromatic rings. The standard InChI is InChI=1S/C22H25B3N6O4S/c1-11-8-34-9-12-10-35-16-17(21(2,3)36(4,32)33)28-19(29-20(16)31(11)12)15-13-5-6-26-18(13)27-7-14(15)30-22(23,24)25/h5-7,11-12,30H,8-10H2,1-4H3,(H,26,27)/t11-,12+/m1/s1. The van der Waals surface area contributed by atoms with Gasteiger partial charge in [-0.25, -0.2) is 23.4 Å². The van der Waals surface area contributed by atoms with Crippen LogP contribution in [0.1, 0.15) is 26.5 Å². The zero-order valence-corrected chi connectivity index (χ0v) is 21.4. The summed E-state index contributed by atoms with van der Waals surface area (Å²) < 4.78 is 36.3. The maximum atomic E-state index is 12.9. The number of hydrogen-bond acceptors (Lipinski definition) is 9. The quantitative estimate of drug-likeness (QED) is 0.489. The molecule has 2 aliphatic heterocycles. The monoisotopic (exact) mass is 502 g/mol. The van der Waals surface area contributed by atoms with E-state index in [0.717, 1.165) is 0 Å². The molecular formula is C22H25B3N6O4S. The maximum absolute atomic E-state index is 12.9. The number of hydrogen-bond donors (Lipinski definition) is 2. The van der Waals surface area contributed by atoms with Crippen LogP contribution in [0.5, 0.6) is 5.75 Å². The van der Waals surface area contributed by atoms with E-state index in [-0.39, 0.29) is 23.6 Å². The lowest BCUT2D eigenvalue weighted by Gasteiger charge is -2.45. The highest BCUT2D eigenvalue weighted by Crippen LogP contribution is 2.45. The largest absolute Gasteiger partial charge is 0.486 e. The Balaban J connectivity index is 1.84. The molecule has 10 nitrogen and oxygen atoms in total. The predicted molar refractivity (Wildman–Crippen MR) is 141 cm³/mol. The second kappa shape index (κ2) is 8.41. The van der Waals surface area contributed by atoms with Gasteiger partial charge >= 0.3 is 0 Å². The molecule has 0 saturated carbocycles. The van der Waals surface area contributed by atoms with Crippen LogP contribution in [-0.2, 0) is 19.3 Å². The van der Waals surface area contributed by atoms with E-state index in [1.807, 2.05) is 13.0 Å². The van der Waals surface area contributed by atoms with Gasteiger partial charge < -0.3 is 24.7 Å². The van der Waals surface area contributed by atoms with Crippen LogP contribution in [0.2, 0.25) is 0 Å². The number of morpholine rings is 1. The topological polar surface area (TPSA) is 122 Å². The highest BCUT2D eigenvalue weighted by atomic mass is 32.2. The number of fused-ring (bicyclic) bond motifs is 4. The zero-order valence-electron chi connectivity index (χ0n) is 20.6.